The van der Waals surface area contributed by atoms with Crippen LogP contribution in [-0.2, 0) is 9.59 Å². The zero-order valence-electron chi connectivity index (χ0n) is 12.1. The second-order valence-electron chi connectivity index (χ2n) is 4.80. The monoisotopic (exact) mass is 343 g/mol. The van der Waals surface area contributed by atoms with Gasteiger partial charge in [0, 0.05) is 12.1 Å². The Hall–Kier alpha value is -3.24. The minimum Gasteiger partial charge on any atom is -0.482 e. The third-order valence-corrected chi connectivity index (χ3v) is 3.46. The Labute approximate surface area is 141 Å². The second-order valence-corrected chi connectivity index (χ2v) is 5.21. The quantitative estimate of drug-likeness (QED) is 0.658. The molecular weight excluding hydrogens is 334 g/mol. The smallest absolute Gasteiger partial charge is 0.266 e. The average Bonchev–Trinajstić information content (AvgIpc) is 3.06. The van der Waals surface area contributed by atoms with Gasteiger partial charge < -0.3 is 19.8 Å². The van der Waals surface area contributed by atoms with Crippen LogP contribution in [0.25, 0.3) is 6.08 Å². The maximum Gasteiger partial charge on any atom is 0.266 e. The standard InChI is InChI=1S/C16H10ClN3O4/c17-11-5-13-14(24-8-15(21)19-13)6-12(11)20-16(22)9(7-18)4-10-2-1-3-23-10/h1-6H,8H2,(H,19,21)(H,20,22)/b9-4+. The molecule has 0 saturated carbocycles. The molecule has 0 atom stereocenters. The van der Waals surface area contributed by atoms with E-state index in [2.05, 4.69) is 10.6 Å². The number of hydrogen-bond donors (Lipinski definition) is 2. The predicted molar refractivity (Wildman–Crippen MR) is 86.5 cm³/mol. The van der Waals surface area contributed by atoms with E-state index in [0.717, 1.165) is 0 Å². The maximum absolute atomic E-state index is 12.2. The Morgan fingerprint density at radius 2 is 2.29 bits per heavy atom. The van der Waals surface area contributed by atoms with E-state index >= 15 is 0 Å². The van der Waals surface area contributed by atoms with Gasteiger partial charge in [0.15, 0.2) is 6.61 Å². The molecule has 2 N–H and O–H groups in total. The van der Waals surface area contributed by atoms with Crippen molar-refractivity contribution in [3.63, 3.8) is 0 Å². The van der Waals surface area contributed by atoms with Gasteiger partial charge in [-0.05, 0) is 18.2 Å². The van der Waals surface area contributed by atoms with Gasteiger partial charge in [-0.1, -0.05) is 11.6 Å². The zero-order chi connectivity index (χ0) is 17.1. The summed E-state index contributed by atoms with van der Waals surface area (Å²) in [4.78, 5) is 23.5. The number of rotatable bonds is 3. The van der Waals surface area contributed by atoms with Gasteiger partial charge in [0.1, 0.15) is 23.2 Å². The number of nitrogens with zero attached hydrogens (tertiary/aromatic N) is 1. The molecular formula is C16H10ClN3O4. The van der Waals surface area contributed by atoms with Crippen molar-refractivity contribution >= 4 is 40.9 Å². The third-order valence-electron chi connectivity index (χ3n) is 3.15. The molecule has 24 heavy (non-hydrogen) atoms. The van der Waals surface area contributed by atoms with Crippen LogP contribution in [0.2, 0.25) is 5.02 Å². The van der Waals surface area contributed by atoms with Crippen LogP contribution in [0.4, 0.5) is 11.4 Å². The van der Waals surface area contributed by atoms with Crippen molar-refractivity contribution in [1.29, 1.82) is 5.26 Å². The SMILES string of the molecule is N#C/C(=C\c1ccco1)C(=O)Nc1cc2c(cc1Cl)NC(=O)CO2. The number of carbonyl (C=O) groups excluding carboxylic acids is 2. The van der Waals surface area contributed by atoms with Crippen molar-refractivity contribution in [3.05, 3.63) is 46.9 Å². The van der Waals surface area contributed by atoms with Crippen LogP contribution < -0.4 is 15.4 Å². The molecule has 120 valence electrons. The number of nitrogens with one attached hydrogen (secondary N) is 2. The van der Waals surface area contributed by atoms with Gasteiger partial charge in [0.2, 0.25) is 0 Å². The van der Waals surface area contributed by atoms with E-state index in [1.807, 2.05) is 0 Å². The molecule has 1 aromatic heterocycles. The highest BCUT2D eigenvalue weighted by Crippen LogP contribution is 2.36. The summed E-state index contributed by atoms with van der Waals surface area (Å²) in [6.45, 7) is -0.121. The van der Waals surface area contributed by atoms with Gasteiger partial charge in [-0.25, -0.2) is 0 Å². The molecule has 0 bridgehead atoms. The fraction of sp³-hybridized carbons (Fsp3) is 0.0625. The first-order valence-electron chi connectivity index (χ1n) is 6.79. The van der Waals surface area contributed by atoms with Crippen LogP contribution >= 0.6 is 11.6 Å². The summed E-state index contributed by atoms with van der Waals surface area (Å²) >= 11 is 6.10. The highest BCUT2D eigenvalue weighted by Gasteiger charge is 2.20. The lowest BCUT2D eigenvalue weighted by Crippen LogP contribution is -2.25. The third kappa shape index (κ3) is 3.24. The lowest BCUT2D eigenvalue weighted by Gasteiger charge is -2.19. The highest BCUT2D eigenvalue weighted by molar-refractivity contribution is 6.34. The van der Waals surface area contributed by atoms with E-state index in [-0.39, 0.29) is 28.8 Å². The molecule has 1 aliphatic heterocycles. The Morgan fingerprint density at radius 3 is 3.00 bits per heavy atom. The van der Waals surface area contributed by atoms with E-state index in [0.29, 0.717) is 17.2 Å². The summed E-state index contributed by atoms with van der Waals surface area (Å²) in [5.41, 5.74) is 0.533. The largest absolute Gasteiger partial charge is 0.482 e. The molecule has 8 heteroatoms. The number of carbonyl (C=O) groups is 2. The summed E-state index contributed by atoms with van der Waals surface area (Å²) < 4.78 is 10.3. The summed E-state index contributed by atoms with van der Waals surface area (Å²) in [6, 6.07) is 8.01. The number of benzene rings is 1. The molecule has 0 unspecified atom stereocenters. The summed E-state index contributed by atoms with van der Waals surface area (Å²) in [5.74, 6) is -0.175. The molecule has 0 aliphatic carbocycles. The minimum atomic E-state index is -0.643. The normalized spacial score (nSPS) is 13.3. The molecule has 2 amide bonds. The second kappa shape index (κ2) is 6.48. The lowest BCUT2D eigenvalue weighted by molar-refractivity contribution is -0.118. The van der Waals surface area contributed by atoms with Crippen molar-refractivity contribution in [2.24, 2.45) is 0 Å². The van der Waals surface area contributed by atoms with E-state index < -0.39 is 5.91 Å². The number of nitriles is 1. The Kier molecular flexibility index (Phi) is 4.22. The van der Waals surface area contributed by atoms with Crippen LogP contribution in [0.3, 0.4) is 0 Å². The molecule has 0 saturated heterocycles. The number of furan rings is 1. The lowest BCUT2D eigenvalue weighted by atomic mass is 10.2. The molecule has 0 radical (unpaired) electrons. The Bertz CT molecular complexity index is 881. The van der Waals surface area contributed by atoms with Gasteiger partial charge >= 0.3 is 0 Å². The Balaban J connectivity index is 1.84. The predicted octanol–water partition coefficient (Wildman–Crippen LogP) is 2.81. The van der Waals surface area contributed by atoms with Gasteiger partial charge in [0.25, 0.3) is 11.8 Å². The topological polar surface area (TPSA) is 104 Å². The van der Waals surface area contributed by atoms with Crippen molar-refractivity contribution in [2.45, 2.75) is 0 Å². The van der Waals surface area contributed by atoms with Gasteiger partial charge in [0.05, 0.1) is 22.7 Å². The maximum atomic E-state index is 12.2. The minimum absolute atomic E-state index is 0.121. The average molecular weight is 344 g/mol. The fourth-order valence-electron chi connectivity index (χ4n) is 2.05. The van der Waals surface area contributed by atoms with Crippen LogP contribution in [-0.4, -0.2) is 18.4 Å². The number of anilines is 2. The van der Waals surface area contributed by atoms with Gasteiger partial charge in [-0.2, -0.15) is 5.26 Å². The first kappa shape index (κ1) is 15.6. The number of fused-ring (bicyclic) bond motifs is 1. The molecule has 7 nitrogen and oxygen atoms in total. The molecule has 2 heterocycles. The first-order chi connectivity index (χ1) is 11.6. The molecule has 0 fully saturated rings. The number of amides is 2. The Morgan fingerprint density at radius 1 is 1.46 bits per heavy atom. The van der Waals surface area contributed by atoms with Crippen molar-refractivity contribution in [1.82, 2.24) is 0 Å². The van der Waals surface area contributed by atoms with Crippen LogP contribution in [0, 0.1) is 11.3 Å². The van der Waals surface area contributed by atoms with Crippen LogP contribution in [0.5, 0.6) is 5.75 Å². The summed E-state index contributed by atoms with van der Waals surface area (Å²) in [7, 11) is 0. The number of halogens is 1. The summed E-state index contributed by atoms with van der Waals surface area (Å²) in [5, 5.41) is 14.5. The van der Waals surface area contributed by atoms with E-state index in [1.165, 1.54) is 24.5 Å². The highest BCUT2D eigenvalue weighted by atomic mass is 35.5. The number of hydrogen-bond acceptors (Lipinski definition) is 5. The fourth-order valence-corrected chi connectivity index (χ4v) is 2.26. The molecule has 3 rings (SSSR count). The van der Waals surface area contributed by atoms with Gasteiger partial charge in [-0.15, -0.1) is 0 Å². The summed E-state index contributed by atoms with van der Waals surface area (Å²) in [6.07, 6.45) is 2.75. The first-order valence-corrected chi connectivity index (χ1v) is 7.17. The van der Waals surface area contributed by atoms with E-state index in [4.69, 9.17) is 26.0 Å². The molecule has 1 aliphatic rings. The van der Waals surface area contributed by atoms with Gasteiger partial charge in [-0.3, -0.25) is 9.59 Å². The zero-order valence-corrected chi connectivity index (χ0v) is 12.9. The molecule has 0 spiro atoms. The van der Waals surface area contributed by atoms with Crippen molar-refractivity contribution < 1.29 is 18.7 Å². The van der Waals surface area contributed by atoms with Crippen molar-refractivity contribution in [2.75, 3.05) is 17.2 Å². The van der Waals surface area contributed by atoms with Crippen LogP contribution in [0.1, 0.15) is 5.76 Å². The van der Waals surface area contributed by atoms with Crippen molar-refractivity contribution in [3.8, 4) is 11.8 Å². The van der Waals surface area contributed by atoms with E-state index in [9.17, 15) is 9.59 Å². The molecule has 2 aromatic rings. The molecule has 1 aromatic carbocycles. The number of ether oxygens (including phenoxy) is 1. The van der Waals surface area contributed by atoms with E-state index in [1.54, 1.807) is 18.2 Å². The van der Waals surface area contributed by atoms with Crippen LogP contribution in [0.15, 0.2) is 40.5 Å².